The fourth-order valence-corrected chi connectivity index (χ4v) is 2.90. The van der Waals surface area contributed by atoms with Crippen LogP contribution in [-0.2, 0) is 33.6 Å². The van der Waals surface area contributed by atoms with Crippen molar-refractivity contribution in [3.8, 4) is 0 Å². The Labute approximate surface area is 205 Å². The fraction of sp³-hybridized carbons (Fsp3) is 0.650. The molecule has 0 aromatic carbocycles. The summed E-state index contributed by atoms with van der Waals surface area (Å²) in [6.07, 6.45) is -1.79. The molecule has 16 nitrogen and oxygen atoms in total. The number of hydrogen-bond acceptors (Lipinski definition) is 9. The van der Waals surface area contributed by atoms with Crippen LogP contribution in [0.15, 0.2) is 0 Å². The van der Waals surface area contributed by atoms with E-state index in [1.165, 1.54) is 0 Å². The van der Waals surface area contributed by atoms with E-state index in [-0.39, 0.29) is 19.4 Å². The first-order valence-electron chi connectivity index (χ1n) is 11.0. The number of carbonyl (C=O) groups excluding carboxylic acids is 3. The van der Waals surface area contributed by atoms with E-state index in [4.69, 9.17) is 26.8 Å². The lowest BCUT2D eigenvalue weighted by Crippen LogP contribution is -2.57. The Balaban J connectivity index is 5.52. The second-order valence-corrected chi connectivity index (χ2v) is 7.88. The van der Waals surface area contributed by atoms with E-state index < -0.39 is 91.4 Å². The zero-order valence-electron chi connectivity index (χ0n) is 19.5. The maximum absolute atomic E-state index is 12.8. The molecular formula is C20H33N5O11. The monoisotopic (exact) mass is 519 g/mol. The standard InChI is InChI=1S/C20H33N5O11/c21-8-2-1-3-11(23-17(32)10(22)4-6-14(26)27)18(33)25-13(9-16(30)31)19(34)24-12(20(35)36)5-7-15(28)29/h10-13H,1-9,21-22H2,(H,23,32)(H,24,34)(H,25,33)(H,26,27)(H,28,29)(H,30,31)(H,35,36). The average Bonchev–Trinajstić information content (AvgIpc) is 2.77. The zero-order chi connectivity index (χ0) is 27.8. The molecule has 204 valence electrons. The highest BCUT2D eigenvalue weighted by Gasteiger charge is 2.31. The van der Waals surface area contributed by atoms with Gasteiger partial charge in [0.25, 0.3) is 0 Å². The summed E-state index contributed by atoms with van der Waals surface area (Å²) in [5, 5.41) is 42.3. The van der Waals surface area contributed by atoms with Gasteiger partial charge in [0.15, 0.2) is 0 Å². The van der Waals surface area contributed by atoms with E-state index in [1.54, 1.807) is 0 Å². The molecule has 4 unspecified atom stereocenters. The van der Waals surface area contributed by atoms with E-state index in [1.807, 2.05) is 5.32 Å². The molecule has 4 atom stereocenters. The number of carboxylic acid groups (broad SMARTS) is 4. The minimum atomic E-state index is -1.75. The van der Waals surface area contributed by atoms with Gasteiger partial charge in [-0.05, 0) is 38.6 Å². The molecular weight excluding hydrogens is 486 g/mol. The number of hydrogen-bond donors (Lipinski definition) is 9. The number of rotatable bonds is 19. The molecule has 36 heavy (non-hydrogen) atoms. The Morgan fingerprint density at radius 3 is 1.61 bits per heavy atom. The highest BCUT2D eigenvalue weighted by atomic mass is 16.4. The highest BCUT2D eigenvalue weighted by molar-refractivity contribution is 5.95. The number of aliphatic carboxylic acids is 4. The van der Waals surface area contributed by atoms with Gasteiger partial charge >= 0.3 is 23.9 Å². The highest BCUT2D eigenvalue weighted by Crippen LogP contribution is 2.06. The Kier molecular flexibility index (Phi) is 15.0. The van der Waals surface area contributed by atoms with Crippen molar-refractivity contribution in [3.63, 3.8) is 0 Å². The van der Waals surface area contributed by atoms with Crippen LogP contribution in [0.4, 0.5) is 0 Å². The molecule has 0 spiro atoms. The number of amides is 3. The predicted molar refractivity (Wildman–Crippen MR) is 120 cm³/mol. The van der Waals surface area contributed by atoms with Crippen LogP contribution in [0.5, 0.6) is 0 Å². The smallest absolute Gasteiger partial charge is 0.326 e. The molecule has 16 heteroatoms. The van der Waals surface area contributed by atoms with Crippen molar-refractivity contribution < 1.29 is 54.0 Å². The molecule has 0 fully saturated rings. The van der Waals surface area contributed by atoms with Gasteiger partial charge in [-0.25, -0.2) is 4.79 Å². The molecule has 11 N–H and O–H groups in total. The largest absolute Gasteiger partial charge is 0.481 e. The van der Waals surface area contributed by atoms with Crippen LogP contribution in [-0.4, -0.2) is 92.7 Å². The second kappa shape index (κ2) is 16.8. The summed E-state index contributed by atoms with van der Waals surface area (Å²) in [4.78, 5) is 81.7. The number of carbonyl (C=O) groups is 7. The van der Waals surface area contributed by atoms with Crippen LogP contribution in [0.3, 0.4) is 0 Å². The third-order valence-corrected chi connectivity index (χ3v) is 4.86. The number of nitrogens with one attached hydrogen (secondary N) is 3. The number of unbranched alkanes of at least 4 members (excludes halogenated alkanes) is 1. The van der Waals surface area contributed by atoms with E-state index in [0.717, 1.165) is 0 Å². The van der Waals surface area contributed by atoms with Crippen molar-refractivity contribution in [1.29, 1.82) is 0 Å². The van der Waals surface area contributed by atoms with E-state index >= 15 is 0 Å². The third kappa shape index (κ3) is 13.8. The van der Waals surface area contributed by atoms with Gasteiger partial charge in [-0.1, -0.05) is 0 Å². The van der Waals surface area contributed by atoms with Gasteiger partial charge < -0.3 is 47.8 Å². The molecule has 0 aliphatic heterocycles. The molecule has 0 heterocycles. The summed E-state index contributed by atoms with van der Waals surface area (Å²) in [6, 6.07) is -5.95. The molecule has 0 aromatic rings. The zero-order valence-corrected chi connectivity index (χ0v) is 19.5. The van der Waals surface area contributed by atoms with Gasteiger partial charge in [-0.2, -0.15) is 0 Å². The van der Waals surface area contributed by atoms with Crippen molar-refractivity contribution in [3.05, 3.63) is 0 Å². The van der Waals surface area contributed by atoms with Crippen LogP contribution in [0.1, 0.15) is 51.4 Å². The lowest BCUT2D eigenvalue weighted by molar-refractivity contribution is -0.144. The topological polar surface area (TPSA) is 289 Å². The Morgan fingerprint density at radius 2 is 1.11 bits per heavy atom. The minimum Gasteiger partial charge on any atom is -0.481 e. The lowest BCUT2D eigenvalue weighted by atomic mass is 10.1. The summed E-state index contributed by atoms with van der Waals surface area (Å²) >= 11 is 0. The van der Waals surface area contributed by atoms with Crippen LogP contribution < -0.4 is 27.4 Å². The molecule has 0 rings (SSSR count). The van der Waals surface area contributed by atoms with Crippen molar-refractivity contribution in [2.24, 2.45) is 11.5 Å². The minimum absolute atomic E-state index is 0.0260. The number of nitrogens with two attached hydrogens (primary N) is 2. The molecule has 0 bridgehead atoms. The van der Waals surface area contributed by atoms with Gasteiger partial charge in [-0.15, -0.1) is 0 Å². The first-order chi connectivity index (χ1) is 16.8. The molecule has 0 aromatic heterocycles. The van der Waals surface area contributed by atoms with E-state index in [2.05, 4.69) is 10.6 Å². The third-order valence-electron chi connectivity index (χ3n) is 4.86. The predicted octanol–water partition coefficient (Wildman–Crippen LogP) is -2.81. The average molecular weight is 520 g/mol. The summed E-state index contributed by atoms with van der Waals surface area (Å²) < 4.78 is 0. The SMILES string of the molecule is NCCCCC(NC(=O)C(N)CCC(=O)O)C(=O)NC(CC(=O)O)C(=O)NC(CCC(=O)O)C(=O)O. The fourth-order valence-electron chi connectivity index (χ4n) is 2.90. The van der Waals surface area contributed by atoms with Gasteiger partial charge in [0.05, 0.1) is 12.5 Å². The Bertz CT molecular complexity index is 820. The molecule has 0 saturated carbocycles. The van der Waals surface area contributed by atoms with Gasteiger partial charge in [0.2, 0.25) is 17.7 Å². The quantitative estimate of drug-likeness (QED) is 0.0779. The summed E-state index contributed by atoms with van der Waals surface area (Å²) in [7, 11) is 0. The Morgan fingerprint density at radius 1 is 0.611 bits per heavy atom. The summed E-state index contributed by atoms with van der Waals surface area (Å²) in [5.41, 5.74) is 11.1. The van der Waals surface area contributed by atoms with Gasteiger partial charge in [-0.3, -0.25) is 28.8 Å². The molecule has 0 aliphatic rings. The van der Waals surface area contributed by atoms with Crippen LogP contribution in [0, 0.1) is 0 Å². The summed E-state index contributed by atoms with van der Waals surface area (Å²) in [5.74, 6) is -8.56. The van der Waals surface area contributed by atoms with E-state index in [0.29, 0.717) is 12.8 Å². The van der Waals surface area contributed by atoms with Crippen molar-refractivity contribution in [2.45, 2.75) is 75.5 Å². The molecule has 3 amide bonds. The first kappa shape index (κ1) is 32.2. The van der Waals surface area contributed by atoms with Crippen LogP contribution in [0.25, 0.3) is 0 Å². The van der Waals surface area contributed by atoms with Crippen molar-refractivity contribution >= 4 is 41.6 Å². The lowest BCUT2D eigenvalue weighted by Gasteiger charge is -2.24. The maximum atomic E-state index is 12.8. The maximum Gasteiger partial charge on any atom is 0.326 e. The second-order valence-electron chi connectivity index (χ2n) is 7.88. The first-order valence-corrected chi connectivity index (χ1v) is 11.0. The normalized spacial score (nSPS) is 13.9. The molecule has 0 radical (unpaired) electrons. The van der Waals surface area contributed by atoms with Crippen LogP contribution in [0.2, 0.25) is 0 Å². The summed E-state index contributed by atoms with van der Waals surface area (Å²) in [6.45, 7) is 0.275. The van der Waals surface area contributed by atoms with Crippen LogP contribution >= 0.6 is 0 Å². The molecule has 0 aliphatic carbocycles. The van der Waals surface area contributed by atoms with Crippen molar-refractivity contribution in [1.82, 2.24) is 16.0 Å². The van der Waals surface area contributed by atoms with Gasteiger partial charge in [0.1, 0.15) is 18.1 Å². The Hall–Kier alpha value is -3.79. The van der Waals surface area contributed by atoms with Gasteiger partial charge in [0, 0.05) is 12.8 Å². The van der Waals surface area contributed by atoms with E-state index in [9.17, 15) is 38.7 Å². The molecule has 0 saturated heterocycles. The number of carboxylic acids is 4. The van der Waals surface area contributed by atoms with Crippen molar-refractivity contribution in [2.75, 3.05) is 6.54 Å².